The van der Waals surface area contributed by atoms with Crippen LogP contribution in [0.15, 0.2) is 4.42 Å². The van der Waals surface area contributed by atoms with Crippen LogP contribution in [0.3, 0.4) is 0 Å². The van der Waals surface area contributed by atoms with E-state index in [0.717, 1.165) is 19.3 Å². The molecule has 1 aromatic rings. The summed E-state index contributed by atoms with van der Waals surface area (Å²) in [5.74, 6) is 1.000. The Kier molecular flexibility index (Phi) is 3.94. The molecule has 4 atom stereocenters. The predicted octanol–water partition coefficient (Wildman–Crippen LogP) is 0.340. The molecule has 3 aliphatic rings. The normalized spacial score (nSPS) is 32.6. The largest absolute Gasteiger partial charge is 0.423 e. The van der Waals surface area contributed by atoms with E-state index in [0.29, 0.717) is 29.7 Å². The lowest BCUT2D eigenvalue weighted by Crippen LogP contribution is -2.35. The second kappa shape index (κ2) is 5.90. The Balaban J connectivity index is 1.51. The van der Waals surface area contributed by atoms with Crippen molar-refractivity contribution in [1.29, 1.82) is 0 Å². The van der Waals surface area contributed by atoms with Crippen molar-refractivity contribution in [2.24, 2.45) is 5.73 Å². The van der Waals surface area contributed by atoms with Crippen molar-refractivity contribution < 1.29 is 26.5 Å². The molecule has 0 aromatic carbocycles. The predicted molar refractivity (Wildman–Crippen MR) is 81.2 cm³/mol. The molecule has 11 nitrogen and oxygen atoms in total. The van der Waals surface area contributed by atoms with Crippen molar-refractivity contribution in [3.05, 3.63) is 11.8 Å². The molecule has 1 unspecified atom stereocenters. The number of carbonyl (C=O) groups is 1. The zero-order valence-electron chi connectivity index (χ0n) is 13.3. The van der Waals surface area contributed by atoms with Crippen LogP contribution in [0.25, 0.3) is 0 Å². The van der Waals surface area contributed by atoms with Gasteiger partial charge in [-0.05, 0) is 32.1 Å². The van der Waals surface area contributed by atoms with Crippen molar-refractivity contribution >= 4 is 16.4 Å². The molecule has 1 aliphatic carbocycles. The van der Waals surface area contributed by atoms with E-state index in [9.17, 15) is 13.2 Å². The van der Waals surface area contributed by atoms with Crippen LogP contribution in [0.2, 0.25) is 0 Å². The summed E-state index contributed by atoms with van der Waals surface area (Å²) in [5.41, 5.74) is 5.91. The highest BCUT2D eigenvalue weighted by atomic mass is 32.3. The highest BCUT2D eigenvalue weighted by Crippen LogP contribution is 2.40. The Bertz CT molecular complexity index is 782. The maximum atomic E-state index is 12.4. The van der Waals surface area contributed by atoms with Gasteiger partial charge in [0.2, 0.25) is 11.8 Å². The molecule has 2 bridgehead atoms. The molecule has 25 heavy (non-hydrogen) atoms. The third-order valence-corrected chi connectivity index (χ3v) is 5.41. The molecular weight excluding hydrogens is 354 g/mol. The number of carbonyl (C=O) groups excluding carboxylic acids is 1. The first-order valence-corrected chi connectivity index (χ1v) is 9.54. The van der Waals surface area contributed by atoms with E-state index in [1.165, 1.54) is 4.90 Å². The van der Waals surface area contributed by atoms with Gasteiger partial charge in [-0.15, -0.1) is 14.5 Å². The molecule has 3 N–H and O–H groups in total. The zero-order chi connectivity index (χ0) is 17.8. The molecule has 3 heterocycles. The summed E-state index contributed by atoms with van der Waals surface area (Å²) in [5, 5.41) is 8.88. The van der Waals surface area contributed by atoms with Crippen molar-refractivity contribution in [1.82, 2.24) is 20.2 Å². The number of rotatable bonds is 4. The second-order valence-corrected chi connectivity index (χ2v) is 7.76. The van der Waals surface area contributed by atoms with Gasteiger partial charge in [0.15, 0.2) is 0 Å². The molecule has 0 spiro atoms. The molecule has 0 radical (unpaired) electrons. The Morgan fingerprint density at radius 2 is 1.96 bits per heavy atom. The van der Waals surface area contributed by atoms with Crippen LogP contribution < -0.4 is 5.73 Å². The van der Waals surface area contributed by atoms with Crippen molar-refractivity contribution in [3.8, 4) is 0 Å². The monoisotopic (exact) mass is 373 g/mol. The summed E-state index contributed by atoms with van der Waals surface area (Å²) in [4.78, 5) is 13.8. The lowest BCUT2D eigenvalue weighted by Gasteiger charge is -2.27. The van der Waals surface area contributed by atoms with Crippen LogP contribution in [0.1, 0.15) is 55.8 Å². The standard InChI is InChI=1S/C13H19N5O6S/c14-8-2-1-7(5-8)11-15-16-12(23-11)10-4-3-9-6-17(10)13(19)18(9)24-25(20,21)22/h7-10H,1-6,14H2,(H,20,21,22)/t7-,8+,9?,10-/m0/s1. The maximum absolute atomic E-state index is 12.4. The zero-order valence-corrected chi connectivity index (χ0v) is 14.1. The van der Waals surface area contributed by atoms with Crippen LogP contribution >= 0.6 is 0 Å². The number of urea groups is 1. The fourth-order valence-corrected chi connectivity index (χ4v) is 4.26. The number of piperidine rings is 1. The van der Waals surface area contributed by atoms with Crippen LogP contribution in [-0.4, -0.2) is 57.8 Å². The third kappa shape index (κ3) is 3.10. The highest BCUT2D eigenvalue weighted by molar-refractivity contribution is 7.80. The number of hydroxylamine groups is 2. The van der Waals surface area contributed by atoms with Gasteiger partial charge in [-0.1, -0.05) is 0 Å². The van der Waals surface area contributed by atoms with Crippen LogP contribution in [-0.2, 0) is 14.7 Å². The summed E-state index contributed by atoms with van der Waals surface area (Å²) in [6.07, 6.45) is 3.64. The van der Waals surface area contributed by atoms with Gasteiger partial charge in [0.1, 0.15) is 6.04 Å². The lowest BCUT2D eigenvalue weighted by atomic mass is 10.0. The summed E-state index contributed by atoms with van der Waals surface area (Å²) >= 11 is 0. The number of hydrogen-bond donors (Lipinski definition) is 2. The molecule has 1 saturated carbocycles. The minimum Gasteiger partial charge on any atom is -0.423 e. The number of nitrogens with two attached hydrogens (primary N) is 1. The first-order chi connectivity index (χ1) is 11.8. The Morgan fingerprint density at radius 1 is 1.20 bits per heavy atom. The van der Waals surface area contributed by atoms with Crippen molar-refractivity contribution in [2.75, 3.05) is 6.54 Å². The molecule has 3 fully saturated rings. The lowest BCUT2D eigenvalue weighted by molar-refractivity contribution is -0.0317. The summed E-state index contributed by atoms with van der Waals surface area (Å²) in [6, 6.07) is -1.38. The van der Waals surface area contributed by atoms with E-state index in [1.807, 2.05) is 0 Å². The van der Waals surface area contributed by atoms with E-state index in [1.54, 1.807) is 0 Å². The van der Waals surface area contributed by atoms with E-state index in [2.05, 4.69) is 14.5 Å². The van der Waals surface area contributed by atoms with E-state index < -0.39 is 28.5 Å². The topological polar surface area (TPSA) is 152 Å². The van der Waals surface area contributed by atoms with Crippen molar-refractivity contribution in [3.63, 3.8) is 0 Å². The number of hydrogen-bond acceptors (Lipinski definition) is 8. The van der Waals surface area contributed by atoms with Gasteiger partial charge in [0.05, 0.1) is 6.04 Å². The average molecular weight is 373 g/mol. The summed E-state index contributed by atoms with van der Waals surface area (Å²) in [7, 11) is -4.76. The van der Waals surface area contributed by atoms with E-state index >= 15 is 0 Å². The van der Waals surface area contributed by atoms with Gasteiger partial charge < -0.3 is 15.1 Å². The molecule has 1 aromatic heterocycles. The first kappa shape index (κ1) is 16.7. The van der Waals surface area contributed by atoms with Gasteiger partial charge >= 0.3 is 16.4 Å². The van der Waals surface area contributed by atoms with Crippen LogP contribution in [0.4, 0.5) is 4.79 Å². The molecule has 12 heteroatoms. The summed E-state index contributed by atoms with van der Waals surface area (Å²) < 4.78 is 40.9. The maximum Gasteiger partial charge on any atom is 0.418 e. The molecule has 138 valence electrons. The molecule has 4 rings (SSSR count). The quantitative estimate of drug-likeness (QED) is 0.711. The molecular formula is C13H19N5O6S. The molecule has 2 aliphatic heterocycles. The minimum atomic E-state index is -4.76. The summed E-state index contributed by atoms with van der Waals surface area (Å²) in [6.45, 7) is 0.269. The van der Waals surface area contributed by atoms with Gasteiger partial charge in [-0.25, -0.2) is 4.79 Å². The van der Waals surface area contributed by atoms with Gasteiger partial charge in [-0.3, -0.25) is 4.55 Å². The van der Waals surface area contributed by atoms with Gasteiger partial charge in [0.25, 0.3) is 0 Å². The van der Waals surface area contributed by atoms with Crippen molar-refractivity contribution in [2.45, 2.75) is 56.1 Å². The van der Waals surface area contributed by atoms with Crippen LogP contribution in [0.5, 0.6) is 0 Å². The molecule has 2 saturated heterocycles. The fraction of sp³-hybridized carbons (Fsp3) is 0.769. The highest BCUT2D eigenvalue weighted by Gasteiger charge is 2.49. The van der Waals surface area contributed by atoms with Gasteiger partial charge in [-0.2, -0.15) is 13.5 Å². The smallest absolute Gasteiger partial charge is 0.418 e. The first-order valence-electron chi connectivity index (χ1n) is 8.17. The van der Waals surface area contributed by atoms with E-state index in [-0.39, 0.29) is 18.5 Å². The Hall–Kier alpha value is -1.76. The molecule has 2 amide bonds. The minimum absolute atomic E-state index is 0.140. The van der Waals surface area contributed by atoms with Gasteiger partial charge in [0, 0.05) is 18.5 Å². The van der Waals surface area contributed by atoms with Crippen LogP contribution in [0, 0.1) is 0 Å². The number of amides is 2. The number of aromatic nitrogens is 2. The van der Waals surface area contributed by atoms with E-state index in [4.69, 9.17) is 14.7 Å². The number of fused-ring (bicyclic) bond motifs is 2. The average Bonchev–Trinajstić information content (AvgIpc) is 3.23. The third-order valence-electron chi connectivity index (χ3n) is 5.06. The Labute approximate surface area is 144 Å². The number of nitrogens with zero attached hydrogens (tertiary/aromatic N) is 4. The Morgan fingerprint density at radius 3 is 2.64 bits per heavy atom. The second-order valence-electron chi connectivity index (χ2n) is 6.76. The SMILES string of the molecule is N[C@@H]1CC[C@H](c2nnc([C@@H]3CCC4CN3C(=O)N4OS(=O)(=O)O)o2)C1. The fourth-order valence-electron chi connectivity index (χ4n) is 3.88.